The first kappa shape index (κ1) is 13.2. The minimum Gasteiger partial charge on any atom is -0.330 e. The molecule has 0 radical (unpaired) electrons. The van der Waals surface area contributed by atoms with Crippen LogP contribution in [-0.2, 0) is 6.42 Å². The molecule has 0 aliphatic heterocycles. The molecule has 1 heterocycles. The molecule has 0 bridgehead atoms. The van der Waals surface area contributed by atoms with Crippen molar-refractivity contribution in [3.05, 3.63) is 39.2 Å². The second-order valence-electron chi connectivity index (χ2n) is 4.77. The molecule has 0 saturated carbocycles. The second kappa shape index (κ2) is 5.63. The third-order valence-corrected chi connectivity index (χ3v) is 4.17. The van der Waals surface area contributed by atoms with Crippen LogP contribution in [0.4, 0.5) is 0 Å². The number of rotatable bonds is 4. The van der Waals surface area contributed by atoms with Gasteiger partial charge in [-0.3, -0.25) is 0 Å². The average Bonchev–Trinajstić information content (AvgIpc) is 2.79. The largest absolute Gasteiger partial charge is 0.330 e. The zero-order valence-corrected chi connectivity index (χ0v) is 12.1. The van der Waals surface area contributed by atoms with Gasteiger partial charge in [-0.25, -0.2) is 4.98 Å². The van der Waals surface area contributed by atoms with Crippen LogP contribution in [-0.4, -0.2) is 11.5 Å². The van der Waals surface area contributed by atoms with Crippen LogP contribution in [0.3, 0.4) is 0 Å². The molecule has 2 rings (SSSR count). The number of nitrogens with zero attached hydrogens (tertiary/aromatic N) is 1. The lowest BCUT2D eigenvalue weighted by Crippen LogP contribution is -2.00. The van der Waals surface area contributed by atoms with Crippen LogP contribution in [0.2, 0.25) is 0 Å². The van der Waals surface area contributed by atoms with Crippen LogP contribution in [0.1, 0.15) is 28.1 Å². The van der Waals surface area contributed by atoms with E-state index < -0.39 is 0 Å². The van der Waals surface area contributed by atoms with Crippen molar-refractivity contribution in [1.82, 2.24) is 4.98 Å². The molecule has 0 aliphatic carbocycles. The lowest BCUT2D eigenvalue weighted by atomic mass is 9.99. The van der Waals surface area contributed by atoms with Crippen molar-refractivity contribution in [2.75, 3.05) is 6.54 Å². The topological polar surface area (TPSA) is 38.9 Å². The maximum absolute atomic E-state index is 5.53. The third kappa shape index (κ3) is 2.79. The van der Waals surface area contributed by atoms with Gasteiger partial charge < -0.3 is 5.73 Å². The second-order valence-corrected chi connectivity index (χ2v) is 5.71. The molecule has 96 valence electrons. The molecule has 1 aromatic heterocycles. The fourth-order valence-electron chi connectivity index (χ4n) is 2.04. The summed E-state index contributed by atoms with van der Waals surface area (Å²) in [6.45, 7) is 7.19. The van der Waals surface area contributed by atoms with Crippen molar-refractivity contribution in [2.24, 2.45) is 5.73 Å². The van der Waals surface area contributed by atoms with E-state index >= 15 is 0 Å². The van der Waals surface area contributed by atoms with Gasteiger partial charge in [0.2, 0.25) is 0 Å². The first-order valence-electron chi connectivity index (χ1n) is 6.34. The minimum atomic E-state index is 0.734. The fourth-order valence-corrected chi connectivity index (χ4v) is 2.88. The molecule has 2 nitrogen and oxygen atoms in total. The minimum absolute atomic E-state index is 0.734. The van der Waals surface area contributed by atoms with Crippen LogP contribution in [0.25, 0.3) is 11.3 Å². The normalized spacial score (nSPS) is 10.9. The molecule has 0 spiro atoms. The van der Waals surface area contributed by atoms with Gasteiger partial charge in [-0.15, -0.1) is 11.3 Å². The molecule has 0 unspecified atom stereocenters. The maximum Gasteiger partial charge on any atom is 0.0933 e. The highest BCUT2D eigenvalue weighted by atomic mass is 32.1. The smallest absolute Gasteiger partial charge is 0.0933 e. The molecule has 0 aliphatic rings. The van der Waals surface area contributed by atoms with Crippen molar-refractivity contribution < 1.29 is 0 Å². The third-order valence-electron chi connectivity index (χ3n) is 3.26. The Morgan fingerprint density at radius 1 is 1.11 bits per heavy atom. The highest BCUT2D eigenvalue weighted by Crippen LogP contribution is 2.27. The number of aromatic nitrogens is 1. The zero-order chi connectivity index (χ0) is 13.1. The Morgan fingerprint density at radius 3 is 2.56 bits per heavy atom. The number of aryl methyl sites for hydroxylation is 4. The van der Waals surface area contributed by atoms with Crippen LogP contribution in [0.5, 0.6) is 0 Å². The van der Waals surface area contributed by atoms with E-state index in [0.29, 0.717) is 0 Å². The Bertz CT molecular complexity index is 543. The predicted molar refractivity (Wildman–Crippen MR) is 79.1 cm³/mol. The molecule has 0 amide bonds. The van der Waals surface area contributed by atoms with E-state index in [9.17, 15) is 0 Å². The maximum atomic E-state index is 5.53. The summed E-state index contributed by atoms with van der Waals surface area (Å²) < 4.78 is 0. The zero-order valence-electron chi connectivity index (χ0n) is 11.3. The van der Waals surface area contributed by atoms with Gasteiger partial charge in [-0.2, -0.15) is 0 Å². The Morgan fingerprint density at radius 2 is 1.83 bits per heavy atom. The van der Waals surface area contributed by atoms with E-state index in [-0.39, 0.29) is 0 Å². The van der Waals surface area contributed by atoms with E-state index in [2.05, 4.69) is 38.3 Å². The van der Waals surface area contributed by atoms with Gasteiger partial charge in [-0.1, -0.05) is 6.07 Å². The summed E-state index contributed by atoms with van der Waals surface area (Å²) in [4.78, 5) is 4.71. The van der Waals surface area contributed by atoms with Crippen molar-refractivity contribution in [3.63, 3.8) is 0 Å². The van der Waals surface area contributed by atoms with Gasteiger partial charge in [0.25, 0.3) is 0 Å². The number of nitrogens with two attached hydrogens (primary N) is 1. The Kier molecular flexibility index (Phi) is 4.15. The SMILES string of the molecule is Cc1cc(C)c(-c2csc(CCCN)n2)cc1C. The highest BCUT2D eigenvalue weighted by molar-refractivity contribution is 7.09. The molecular weight excluding hydrogens is 240 g/mol. The van der Waals surface area contributed by atoms with Gasteiger partial charge in [0, 0.05) is 17.4 Å². The predicted octanol–water partition coefficient (Wildman–Crippen LogP) is 3.63. The summed E-state index contributed by atoms with van der Waals surface area (Å²) in [5, 5.41) is 3.34. The van der Waals surface area contributed by atoms with E-state index in [4.69, 9.17) is 10.7 Å². The van der Waals surface area contributed by atoms with Gasteiger partial charge in [0.1, 0.15) is 0 Å². The molecule has 18 heavy (non-hydrogen) atoms. The Balaban J connectivity index is 2.31. The summed E-state index contributed by atoms with van der Waals surface area (Å²) in [5.41, 5.74) is 11.9. The fraction of sp³-hybridized carbons (Fsp3) is 0.400. The molecule has 2 aromatic rings. The summed E-state index contributed by atoms with van der Waals surface area (Å²) in [7, 11) is 0. The molecular formula is C15H20N2S. The lowest BCUT2D eigenvalue weighted by molar-refractivity contribution is 0.826. The van der Waals surface area contributed by atoms with E-state index in [0.717, 1.165) is 25.1 Å². The van der Waals surface area contributed by atoms with Crippen LogP contribution >= 0.6 is 11.3 Å². The van der Waals surface area contributed by atoms with Gasteiger partial charge in [0.05, 0.1) is 10.7 Å². The number of hydrogen-bond donors (Lipinski definition) is 1. The van der Waals surface area contributed by atoms with Crippen LogP contribution in [0, 0.1) is 20.8 Å². The van der Waals surface area contributed by atoms with Gasteiger partial charge in [0.15, 0.2) is 0 Å². The Hall–Kier alpha value is -1.19. The molecule has 0 saturated heterocycles. The summed E-state index contributed by atoms with van der Waals surface area (Å²) in [6.07, 6.45) is 2.00. The van der Waals surface area contributed by atoms with Gasteiger partial charge in [-0.05, 0) is 56.5 Å². The number of hydrogen-bond acceptors (Lipinski definition) is 3. The number of thiazole rings is 1. The molecule has 0 atom stereocenters. The van der Waals surface area contributed by atoms with Crippen LogP contribution in [0.15, 0.2) is 17.5 Å². The van der Waals surface area contributed by atoms with E-state index in [1.807, 2.05) is 0 Å². The summed E-state index contributed by atoms with van der Waals surface area (Å²) >= 11 is 1.74. The lowest BCUT2D eigenvalue weighted by Gasteiger charge is -2.07. The first-order valence-corrected chi connectivity index (χ1v) is 7.22. The molecule has 2 N–H and O–H groups in total. The molecule has 1 aromatic carbocycles. The van der Waals surface area contributed by atoms with Crippen molar-refractivity contribution in [2.45, 2.75) is 33.6 Å². The van der Waals surface area contributed by atoms with Gasteiger partial charge >= 0.3 is 0 Å². The monoisotopic (exact) mass is 260 g/mol. The van der Waals surface area contributed by atoms with E-state index in [1.54, 1.807) is 11.3 Å². The highest BCUT2D eigenvalue weighted by Gasteiger charge is 2.08. The quantitative estimate of drug-likeness (QED) is 0.911. The summed E-state index contributed by atoms with van der Waals surface area (Å²) in [6, 6.07) is 4.48. The van der Waals surface area contributed by atoms with Crippen molar-refractivity contribution >= 4 is 11.3 Å². The van der Waals surface area contributed by atoms with Crippen LogP contribution < -0.4 is 5.73 Å². The Labute approximate surface area is 113 Å². The number of benzene rings is 1. The summed E-state index contributed by atoms with van der Waals surface area (Å²) in [5.74, 6) is 0. The first-order chi connectivity index (χ1) is 8.61. The molecule has 0 fully saturated rings. The van der Waals surface area contributed by atoms with Crippen molar-refractivity contribution in [1.29, 1.82) is 0 Å². The average molecular weight is 260 g/mol. The van der Waals surface area contributed by atoms with E-state index in [1.165, 1.54) is 27.3 Å². The van der Waals surface area contributed by atoms with Crippen molar-refractivity contribution in [3.8, 4) is 11.3 Å². The standard InChI is InChI=1S/C15H20N2S/c1-10-7-12(3)13(8-11(10)2)14-9-18-15(17-14)5-4-6-16/h7-9H,4-6,16H2,1-3H3. The molecule has 3 heteroatoms.